The van der Waals surface area contributed by atoms with Gasteiger partial charge in [-0.2, -0.15) is 0 Å². The number of rotatable bonds is 4. The van der Waals surface area contributed by atoms with Crippen molar-refractivity contribution in [3.63, 3.8) is 0 Å². The van der Waals surface area contributed by atoms with E-state index in [0.717, 1.165) is 24.2 Å². The zero-order valence-corrected chi connectivity index (χ0v) is 13.5. The van der Waals surface area contributed by atoms with E-state index in [9.17, 15) is 14.4 Å². The molecule has 3 rings (SSSR count). The molecular formula is C15H16N4O4S. The highest BCUT2D eigenvalue weighted by Crippen LogP contribution is 2.23. The molecule has 9 heteroatoms. The largest absolute Gasteiger partial charge is 0.459 e. The lowest BCUT2D eigenvalue weighted by molar-refractivity contribution is -0.121. The Hall–Kier alpha value is -2.68. The molecule has 1 aliphatic rings. The van der Waals surface area contributed by atoms with Crippen LogP contribution in [-0.4, -0.2) is 40.2 Å². The van der Waals surface area contributed by atoms with Crippen LogP contribution in [0.4, 0.5) is 5.13 Å². The summed E-state index contributed by atoms with van der Waals surface area (Å²) in [7, 11) is 0. The fraction of sp³-hybridized carbons (Fsp3) is 0.333. The van der Waals surface area contributed by atoms with Crippen LogP contribution in [0.1, 0.15) is 39.5 Å². The predicted molar refractivity (Wildman–Crippen MR) is 86.6 cm³/mol. The summed E-state index contributed by atoms with van der Waals surface area (Å²) in [5.41, 5.74) is 5.17. The van der Waals surface area contributed by atoms with Gasteiger partial charge in [0.2, 0.25) is 5.91 Å². The summed E-state index contributed by atoms with van der Waals surface area (Å²) in [6.07, 6.45) is 4.98. The first-order valence-corrected chi connectivity index (χ1v) is 8.29. The Morgan fingerprint density at radius 2 is 2.21 bits per heavy atom. The summed E-state index contributed by atoms with van der Waals surface area (Å²) in [4.78, 5) is 41.9. The first-order valence-electron chi connectivity index (χ1n) is 7.47. The molecule has 126 valence electrons. The van der Waals surface area contributed by atoms with Gasteiger partial charge in [-0.15, -0.1) is 0 Å². The van der Waals surface area contributed by atoms with Gasteiger partial charge in [-0.25, -0.2) is 4.98 Å². The van der Waals surface area contributed by atoms with Crippen molar-refractivity contribution in [3.05, 3.63) is 35.2 Å². The molecule has 1 atom stereocenters. The van der Waals surface area contributed by atoms with Crippen LogP contribution in [0.25, 0.3) is 0 Å². The van der Waals surface area contributed by atoms with Crippen LogP contribution in [0.3, 0.4) is 0 Å². The van der Waals surface area contributed by atoms with Crippen LogP contribution >= 0.6 is 11.3 Å². The highest BCUT2D eigenvalue weighted by atomic mass is 32.1. The van der Waals surface area contributed by atoms with Gasteiger partial charge < -0.3 is 20.4 Å². The monoisotopic (exact) mass is 348 g/mol. The van der Waals surface area contributed by atoms with Crippen molar-refractivity contribution in [1.29, 1.82) is 0 Å². The van der Waals surface area contributed by atoms with Gasteiger partial charge in [0.15, 0.2) is 10.9 Å². The molecule has 0 spiro atoms. The number of nitrogens with zero attached hydrogens (tertiary/aromatic N) is 2. The van der Waals surface area contributed by atoms with E-state index < -0.39 is 11.9 Å². The number of nitrogens with one attached hydrogen (secondary N) is 1. The molecule has 3 N–H and O–H groups in total. The van der Waals surface area contributed by atoms with Gasteiger partial charge in [0.1, 0.15) is 10.9 Å². The van der Waals surface area contributed by atoms with Crippen LogP contribution in [0.15, 0.2) is 29.0 Å². The molecule has 0 aliphatic carbocycles. The number of carbonyl (C=O) groups is 3. The molecule has 24 heavy (non-hydrogen) atoms. The average molecular weight is 348 g/mol. The average Bonchev–Trinajstić information content (AvgIpc) is 3.26. The zero-order chi connectivity index (χ0) is 17.1. The third-order valence-electron chi connectivity index (χ3n) is 3.78. The normalized spacial score (nSPS) is 17.5. The van der Waals surface area contributed by atoms with Gasteiger partial charge in [0, 0.05) is 6.54 Å². The molecule has 1 aliphatic heterocycles. The summed E-state index contributed by atoms with van der Waals surface area (Å²) >= 11 is 1.00. The molecule has 1 unspecified atom stereocenters. The number of amides is 3. The topological polar surface area (TPSA) is 119 Å². The van der Waals surface area contributed by atoms with Gasteiger partial charge in [-0.05, 0) is 31.4 Å². The molecule has 2 aromatic heterocycles. The second-order valence-corrected chi connectivity index (χ2v) is 6.40. The van der Waals surface area contributed by atoms with Gasteiger partial charge in [-0.3, -0.25) is 14.4 Å². The first-order chi connectivity index (χ1) is 11.6. The number of furan rings is 1. The third-order valence-corrected chi connectivity index (χ3v) is 4.70. The molecule has 0 bridgehead atoms. The molecule has 0 radical (unpaired) electrons. The van der Waals surface area contributed by atoms with E-state index in [0.29, 0.717) is 13.0 Å². The lowest BCUT2D eigenvalue weighted by Gasteiger charge is -2.33. The van der Waals surface area contributed by atoms with E-state index in [-0.39, 0.29) is 27.6 Å². The fourth-order valence-electron chi connectivity index (χ4n) is 2.62. The Bertz CT molecular complexity index is 755. The van der Waals surface area contributed by atoms with Gasteiger partial charge >= 0.3 is 0 Å². The summed E-state index contributed by atoms with van der Waals surface area (Å²) < 4.78 is 5.14. The number of nitrogens with two attached hydrogens (primary N) is 1. The Kier molecular flexibility index (Phi) is 4.61. The maximum atomic E-state index is 12.5. The lowest BCUT2D eigenvalue weighted by Crippen LogP contribution is -2.49. The predicted octanol–water partition coefficient (Wildman–Crippen LogP) is 1.47. The van der Waals surface area contributed by atoms with E-state index in [1.807, 2.05) is 0 Å². The summed E-state index contributed by atoms with van der Waals surface area (Å²) in [5.74, 6) is -1.03. The maximum Gasteiger partial charge on any atom is 0.290 e. The van der Waals surface area contributed by atoms with Crippen molar-refractivity contribution in [2.75, 3.05) is 11.9 Å². The number of likely N-dealkylation sites (tertiary alicyclic amines) is 1. The van der Waals surface area contributed by atoms with Crippen molar-refractivity contribution in [1.82, 2.24) is 9.88 Å². The molecule has 8 nitrogen and oxygen atoms in total. The molecule has 1 saturated heterocycles. The van der Waals surface area contributed by atoms with Crippen molar-refractivity contribution in [3.8, 4) is 0 Å². The van der Waals surface area contributed by atoms with Crippen LogP contribution < -0.4 is 11.1 Å². The Morgan fingerprint density at radius 3 is 2.88 bits per heavy atom. The number of piperidine rings is 1. The lowest BCUT2D eigenvalue weighted by atomic mass is 10.0. The summed E-state index contributed by atoms with van der Waals surface area (Å²) in [6.45, 7) is 0.488. The molecular weight excluding hydrogens is 332 g/mol. The number of thiazole rings is 1. The van der Waals surface area contributed by atoms with Crippen LogP contribution in [-0.2, 0) is 4.79 Å². The van der Waals surface area contributed by atoms with E-state index in [2.05, 4.69) is 10.3 Å². The van der Waals surface area contributed by atoms with Gasteiger partial charge in [0.25, 0.3) is 11.8 Å². The maximum absolute atomic E-state index is 12.5. The Balaban J connectivity index is 1.73. The highest BCUT2D eigenvalue weighted by molar-refractivity contribution is 7.17. The number of hydrogen-bond donors (Lipinski definition) is 2. The van der Waals surface area contributed by atoms with E-state index >= 15 is 0 Å². The summed E-state index contributed by atoms with van der Waals surface area (Å²) in [6, 6.07) is 2.61. The first kappa shape index (κ1) is 16.2. The van der Waals surface area contributed by atoms with Crippen molar-refractivity contribution >= 4 is 34.2 Å². The fourth-order valence-corrected chi connectivity index (χ4v) is 3.29. The third kappa shape index (κ3) is 3.30. The number of anilines is 1. The van der Waals surface area contributed by atoms with E-state index in [4.69, 9.17) is 10.2 Å². The SMILES string of the molecule is NC(=O)c1cnc(NC(=O)C2CCCCN2C(=O)c2ccco2)s1. The molecule has 3 amide bonds. The smallest absolute Gasteiger partial charge is 0.290 e. The standard InChI is InChI=1S/C15H16N4O4S/c16-12(20)11-8-17-15(24-11)18-13(21)9-4-1-2-6-19(9)14(22)10-5-3-7-23-10/h3,5,7-9H,1-2,4,6H2,(H2,16,20)(H,17,18,21). The second-order valence-electron chi connectivity index (χ2n) is 5.37. The number of hydrogen-bond acceptors (Lipinski definition) is 6. The quantitative estimate of drug-likeness (QED) is 0.867. The molecule has 0 aromatic carbocycles. The minimum Gasteiger partial charge on any atom is -0.459 e. The van der Waals surface area contributed by atoms with Gasteiger partial charge in [-0.1, -0.05) is 11.3 Å². The molecule has 1 fully saturated rings. The minimum absolute atomic E-state index is 0.208. The Morgan fingerprint density at radius 1 is 1.38 bits per heavy atom. The van der Waals surface area contributed by atoms with Crippen LogP contribution in [0.5, 0.6) is 0 Å². The Labute approximate surface area is 141 Å². The number of aromatic nitrogens is 1. The molecule has 0 saturated carbocycles. The van der Waals surface area contributed by atoms with Gasteiger partial charge in [0.05, 0.1) is 12.5 Å². The molecule has 2 aromatic rings. The summed E-state index contributed by atoms with van der Waals surface area (Å²) in [5, 5.41) is 2.94. The second kappa shape index (κ2) is 6.83. The van der Waals surface area contributed by atoms with E-state index in [1.165, 1.54) is 17.4 Å². The highest BCUT2D eigenvalue weighted by Gasteiger charge is 2.34. The molecule has 3 heterocycles. The van der Waals surface area contributed by atoms with Crippen molar-refractivity contribution < 1.29 is 18.8 Å². The minimum atomic E-state index is -0.600. The van der Waals surface area contributed by atoms with Crippen LogP contribution in [0, 0.1) is 0 Å². The van der Waals surface area contributed by atoms with Crippen LogP contribution in [0.2, 0.25) is 0 Å². The van der Waals surface area contributed by atoms with E-state index in [1.54, 1.807) is 12.1 Å². The number of carbonyl (C=O) groups excluding carboxylic acids is 3. The zero-order valence-electron chi connectivity index (χ0n) is 12.7. The number of primary amides is 1. The van der Waals surface area contributed by atoms with Crippen molar-refractivity contribution in [2.24, 2.45) is 5.73 Å². The van der Waals surface area contributed by atoms with Crippen molar-refractivity contribution in [2.45, 2.75) is 25.3 Å².